The number of hydrogen-bond donors (Lipinski definition) is 1. The molecule has 0 aliphatic rings. The largest absolute Gasteiger partial charge is 0.312 e. The molecule has 0 spiro atoms. The smallest absolute Gasteiger partial charge is 0.0960 e. The topological polar surface area (TPSA) is 23.5 Å². The van der Waals surface area contributed by atoms with Crippen molar-refractivity contribution in [2.45, 2.75) is 70.9 Å². The Morgan fingerprint density at radius 1 is 1.14 bits per heavy atom. The minimum Gasteiger partial charge on any atom is -0.312 e. The molecule has 1 atom stereocenters. The summed E-state index contributed by atoms with van der Waals surface area (Å²) in [6.45, 7) is 9.73. The molecule has 0 aliphatic heterocycles. The third-order valence-electron chi connectivity index (χ3n) is 3.52. The van der Waals surface area contributed by atoms with Crippen molar-refractivity contribution in [3.05, 3.63) is 35.9 Å². The molecule has 0 saturated heterocycles. The fourth-order valence-electron chi connectivity index (χ4n) is 2.20. The van der Waals surface area contributed by atoms with Crippen LogP contribution in [0.2, 0.25) is 25.7 Å². The number of benzene rings is 1. The highest BCUT2D eigenvalue weighted by Crippen LogP contribution is 2.13. The molecule has 0 bridgehead atoms. The molecular formula is C19H31NOSi. The maximum Gasteiger partial charge on any atom is 0.0960 e. The highest BCUT2D eigenvalue weighted by Gasteiger charge is 2.15. The van der Waals surface area contributed by atoms with Crippen LogP contribution in [-0.2, 0) is 6.54 Å². The van der Waals surface area contributed by atoms with E-state index in [1.165, 1.54) is 17.9 Å². The van der Waals surface area contributed by atoms with E-state index in [1.54, 1.807) is 0 Å². The zero-order valence-electron chi connectivity index (χ0n) is 14.6. The van der Waals surface area contributed by atoms with Gasteiger partial charge in [-0.05, 0) is 12.0 Å². The van der Waals surface area contributed by atoms with E-state index in [0.29, 0.717) is 6.54 Å². The second kappa shape index (κ2) is 9.84. The third-order valence-corrected chi connectivity index (χ3v) is 4.75. The lowest BCUT2D eigenvalue weighted by molar-refractivity contribution is -0.121. The summed E-state index contributed by atoms with van der Waals surface area (Å²) in [5.41, 5.74) is 1.12. The molecule has 22 heavy (non-hydrogen) atoms. The van der Waals surface area contributed by atoms with Crippen LogP contribution in [0.4, 0.5) is 0 Å². The SMILES string of the molecule is CCCCCC(C#CC[Si](C)(C)C)N(O)Cc1ccccc1. The molecule has 0 fully saturated rings. The van der Waals surface area contributed by atoms with E-state index >= 15 is 0 Å². The Morgan fingerprint density at radius 3 is 2.41 bits per heavy atom. The monoisotopic (exact) mass is 317 g/mol. The summed E-state index contributed by atoms with van der Waals surface area (Å²) in [7, 11) is -1.14. The number of unbranched alkanes of at least 4 members (excludes halogenated alkanes) is 2. The number of hydrogen-bond acceptors (Lipinski definition) is 2. The van der Waals surface area contributed by atoms with Crippen molar-refractivity contribution in [1.82, 2.24) is 5.06 Å². The molecule has 0 saturated carbocycles. The quantitative estimate of drug-likeness (QED) is 0.309. The van der Waals surface area contributed by atoms with Gasteiger partial charge in [0.25, 0.3) is 0 Å². The van der Waals surface area contributed by atoms with Crippen LogP contribution in [0, 0.1) is 11.8 Å². The van der Waals surface area contributed by atoms with Gasteiger partial charge >= 0.3 is 0 Å². The van der Waals surface area contributed by atoms with Gasteiger partial charge in [-0.3, -0.25) is 0 Å². The van der Waals surface area contributed by atoms with E-state index in [2.05, 4.69) is 38.4 Å². The molecule has 122 valence electrons. The molecule has 1 rings (SSSR count). The predicted molar refractivity (Wildman–Crippen MR) is 97.6 cm³/mol. The van der Waals surface area contributed by atoms with Gasteiger partial charge in [0.1, 0.15) is 0 Å². The third kappa shape index (κ3) is 8.38. The second-order valence-electron chi connectivity index (χ2n) is 7.15. The van der Waals surface area contributed by atoms with Crippen LogP contribution in [0.3, 0.4) is 0 Å². The molecule has 2 nitrogen and oxygen atoms in total. The summed E-state index contributed by atoms with van der Waals surface area (Å²) in [6, 6.07) is 11.0. The molecule has 0 heterocycles. The van der Waals surface area contributed by atoms with Gasteiger partial charge in [0.05, 0.1) is 20.7 Å². The van der Waals surface area contributed by atoms with Gasteiger partial charge in [0, 0.05) is 6.04 Å². The van der Waals surface area contributed by atoms with E-state index in [9.17, 15) is 5.21 Å². The highest BCUT2D eigenvalue weighted by molar-refractivity contribution is 6.76. The molecule has 0 aliphatic carbocycles. The lowest BCUT2D eigenvalue weighted by Crippen LogP contribution is -2.31. The van der Waals surface area contributed by atoms with Crippen LogP contribution in [0.25, 0.3) is 0 Å². The first-order chi connectivity index (χ1) is 10.4. The van der Waals surface area contributed by atoms with Crippen molar-refractivity contribution in [2.24, 2.45) is 0 Å². The van der Waals surface area contributed by atoms with Crippen LogP contribution >= 0.6 is 0 Å². The molecular weight excluding hydrogens is 286 g/mol. The Labute approximate surface area is 137 Å². The van der Waals surface area contributed by atoms with E-state index in [-0.39, 0.29) is 6.04 Å². The molecule has 0 radical (unpaired) electrons. The molecule has 0 aromatic heterocycles. The molecule has 1 aromatic rings. The van der Waals surface area contributed by atoms with Crippen molar-refractivity contribution in [3.8, 4) is 11.8 Å². The molecule has 1 unspecified atom stereocenters. The fourth-order valence-corrected chi connectivity index (χ4v) is 2.83. The van der Waals surface area contributed by atoms with Crippen LogP contribution < -0.4 is 0 Å². The van der Waals surface area contributed by atoms with Gasteiger partial charge in [0.15, 0.2) is 0 Å². The molecule has 3 heteroatoms. The zero-order valence-corrected chi connectivity index (χ0v) is 15.6. The average molecular weight is 318 g/mol. The summed E-state index contributed by atoms with van der Waals surface area (Å²) < 4.78 is 0. The lowest BCUT2D eigenvalue weighted by atomic mass is 10.1. The molecule has 1 N–H and O–H groups in total. The number of hydroxylamine groups is 2. The van der Waals surface area contributed by atoms with Gasteiger partial charge < -0.3 is 5.21 Å². The van der Waals surface area contributed by atoms with E-state index in [4.69, 9.17) is 0 Å². The second-order valence-corrected chi connectivity index (χ2v) is 12.6. The highest BCUT2D eigenvalue weighted by atomic mass is 28.3. The summed E-state index contributed by atoms with van der Waals surface area (Å²) >= 11 is 0. The van der Waals surface area contributed by atoms with Crippen molar-refractivity contribution in [2.75, 3.05) is 0 Å². The molecule has 0 amide bonds. The number of nitrogens with zero attached hydrogens (tertiary/aromatic N) is 1. The standard InChI is InChI=1S/C19H31NOSi/c1-5-6-8-14-19(15-11-16-22(2,3)4)20(21)17-18-12-9-7-10-13-18/h7,9-10,12-13,19,21H,5-6,8,14,16-17H2,1-4H3. The Morgan fingerprint density at radius 2 is 1.82 bits per heavy atom. The molecule has 1 aromatic carbocycles. The zero-order chi connectivity index (χ0) is 16.4. The van der Waals surface area contributed by atoms with Crippen molar-refractivity contribution >= 4 is 8.07 Å². The first kappa shape index (κ1) is 19.0. The maximum absolute atomic E-state index is 10.4. The van der Waals surface area contributed by atoms with Crippen LogP contribution in [-0.4, -0.2) is 24.4 Å². The maximum atomic E-state index is 10.4. The summed E-state index contributed by atoms with van der Waals surface area (Å²) in [5.74, 6) is 6.64. The first-order valence-corrected chi connectivity index (χ1v) is 12.1. The fraction of sp³-hybridized carbons (Fsp3) is 0.579. The Bertz CT molecular complexity index is 470. The predicted octanol–water partition coefficient (Wildman–Crippen LogP) is 5.17. The van der Waals surface area contributed by atoms with Crippen molar-refractivity contribution in [1.29, 1.82) is 0 Å². The Balaban J connectivity index is 2.66. The minimum atomic E-state index is -1.14. The summed E-state index contributed by atoms with van der Waals surface area (Å²) in [4.78, 5) is 0. The van der Waals surface area contributed by atoms with Crippen molar-refractivity contribution < 1.29 is 5.21 Å². The van der Waals surface area contributed by atoms with Gasteiger partial charge in [-0.15, -0.1) is 5.92 Å². The summed E-state index contributed by atoms with van der Waals surface area (Å²) in [6.07, 6.45) is 4.45. The van der Waals surface area contributed by atoms with E-state index in [0.717, 1.165) is 24.4 Å². The van der Waals surface area contributed by atoms with Gasteiger partial charge in [0.2, 0.25) is 0 Å². The van der Waals surface area contributed by atoms with Crippen molar-refractivity contribution in [3.63, 3.8) is 0 Å². The first-order valence-electron chi connectivity index (χ1n) is 8.40. The number of rotatable bonds is 8. The Kier molecular flexibility index (Phi) is 8.48. The normalized spacial score (nSPS) is 12.8. The van der Waals surface area contributed by atoms with Gasteiger partial charge in [-0.1, -0.05) is 82.1 Å². The van der Waals surface area contributed by atoms with Crippen LogP contribution in [0.15, 0.2) is 30.3 Å². The van der Waals surface area contributed by atoms with Gasteiger partial charge in [-0.25, -0.2) is 0 Å². The minimum absolute atomic E-state index is 0.0527. The average Bonchev–Trinajstić information content (AvgIpc) is 2.45. The van der Waals surface area contributed by atoms with Gasteiger partial charge in [-0.2, -0.15) is 5.06 Å². The summed E-state index contributed by atoms with van der Waals surface area (Å²) in [5, 5.41) is 11.9. The van der Waals surface area contributed by atoms with E-state index in [1.807, 2.05) is 30.3 Å². The van der Waals surface area contributed by atoms with Crippen LogP contribution in [0.1, 0.15) is 38.2 Å². The Hall–Kier alpha value is -1.08. The lowest BCUT2D eigenvalue weighted by Gasteiger charge is -2.22. The van der Waals surface area contributed by atoms with E-state index < -0.39 is 8.07 Å². The van der Waals surface area contributed by atoms with Crippen LogP contribution in [0.5, 0.6) is 0 Å².